The average molecular weight is 244 g/mol. The van der Waals surface area contributed by atoms with Crippen molar-refractivity contribution in [3.63, 3.8) is 0 Å². The molecule has 1 saturated carbocycles. The van der Waals surface area contributed by atoms with Crippen LogP contribution < -0.4 is 0 Å². The standard InChI is InChI=1S/C16H20O2/c1-15(2)12-9-10-16(15,3)13(11-12)7-5-6-8-14(17)18-4/h6,8,11-12H,9-10H2,1-4H3/b8-6+. The molecule has 0 heterocycles. The number of carbonyl (C=O) groups excluding carboxylic acids is 1. The van der Waals surface area contributed by atoms with E-state index in [-0.39, 0.29) is 11.4 Å². The molecule has 0 aromatic rings. The number of methoxy groups -OCH3 is 1. The zero-order valence-electron chi connectivity index (χ0n) is 11.5. The molecule has 0 radical (unpaired) electrons. The minimum Gasteiger partial charge on any atom is -0.466 e. The van der Waals surface area contributed by atoms with Gasteiger partial charge in [-0.15, -0.1) is 0 Å². The predicted molar refractivity (Wildman–Crippen MR) is 71.6 cm³/mol. The highest BCUT2D eigenvalue weighted by molar-refractivity contribution is 5.82. The molecule has 2 rings (SSSR count). The van der Waals surface area contributed by atoms with E-state index >= 15 is 0 Å². The van der Waals surface area contributed by atoms with E-state index in [9.17, 15) is 4.79 Å². The van der Waals surface area contributed by atoms with Crippen LogP contribution in [0.1, 0.15) is 33.6 Å². The fourth-order valence-electron chi connectivity index (χ4n) is 3.17. The van der Waals surface area contributed by atoms with Gasteiger partial charge in [0.2, 0.25) is 0 Å². The SMILES string of the molecule is COC(=O)/C=C/C#CC1=CC2CCC1(C)C2(C)C. The van der Waals surface area contributed by atoms with Crippen LogP contribution in [0.4, 0.5) is 0 Å². The Kier molecular flexibility index (Phi) is 3.11. The molecule has 2 heteroatoms. The van der Waals surface area contributed by atoms with Gasteiger partial charge in [0.25, 0.3) is 0 Å². The van der Waals surface area contributed by atoms with Gasteiger partial charge >= 0.3 is 5.97 Å². The third-order valence-electron chi connectivity index (χ3n) is 4.98. The molecule has 2 nitrogen and oxygen atoms in total. The molecule has 0 spiro atoms. The van der Waals surface area contributed by atoms with E-state index < -0.39 is 0 Å². The summed E-state index contributed by atoms with van der Waals surface area (Å²) in [6, 6.07) is 0. The molecular weight excluding hydrogens is 224 g/mol. The molecule has 0 amide bonds. The Morgan fingerprint density at radius 2 is 2.22 bits per heavy atom. The minimum absolute atomic E-state index is 0.198. The normalized spacial score (nSPS) is 32.0. The average Bonchev–Trinajstić information content (AvgIpc) is 2.67. The Morgan fingerprint density at radius 1 is 1.50 bits per heavy atom. The van der Waals surface area contributed by atoms with Crippen molar-refractivity contribution in [3.05, 3.63) is 23.8 Å². The van der Waals surface area contributed by atoms with Crippen molar-refractivity contribution < 1.29 is 9.53 Å². The van der Waals surface area contributed by atoms with Crippen LogP contribution in [0.2, 0.25) is 0 Å². The quantitative estimate of drug-likeness (QED) is 0.402. The number of hydrogen-bond acceptors (Lipinski definition) is 2. The van der Waals surface area contributed by atoms with E-state index in [1.54, 1.807) is 6.08 Å². The van der Waals surface area contributed by atoms with Crippen LogP contribution >= 0.6 is 0 Å². The van der Waals surface area contributed by atoms with Crippen molar-refractivity contribution >= 4 is 5.97 Å². The highest BCUT2D eigenvalue weighted by atomic mass is 16.5. The number of carbonyl (C=O) groups is 1. The Morgan fingerprint density at radius 3 is 2.72 bits per heavy atom. The summed E-state index contributed by atoms with van der Waals surface area (Å²) in [6.07, 6.45) is 7.73. The molecule has 18 heavy (non-hydrogen) atoms. The number of allylic oxidation sites excluding steroid dienone is 3. The first-order valence-electron chi connectivity index (χ1n) is 6.40. The van der Waals surface area contributed by atoms with Crippen molar-refractivity contribution in [1.29, 1.82) is 0 Å². The summed E-state index contributed by atoms with van der Waals surface area (Å²) in [7, 11) is 1.36. The molecule has 2 aliphatic rings. The van der Waals surface area contributed by atoms with Crippen LogP contribution in [0.25, 0.3) is 0 Å². The van der Waals surface area contributed by atoms with Gasteiger partial charge in [-0.3, -0.25) is 0 Å². The van der Waals surface area contributed by atoms with Crippen LogP contribution in [-0.4, -0.2) is 13.1 Å². The molecule has 1 fully saturated rings. The maximum absolute atomic E-state index is 10.9. The monoisotopic (exact) mass is 244 g/mol. The zero-order valence-corrected chi connectivity index (χ0v) is 11.5. The van der Waals surface area contributed by atoms with Gasteiger partial charge in [-0.2, -0.15) is 0 Å². The van der Waals surface area contributed by atoms with E-state index in [1.807, 2.05) is 0 Å². The van der Waals surface area contributed by atoms with E-state index in [2.05, 4.69) is 43.4 Å². The molecule has 0 saturated heterocycles. The van der Waals surface area contributed by atoms with Crippen LogP contribution in [-0.2, 0) is 9.53 Å². The lowest BCUT2D eigenvalue weighted by Gasteiger charge is -2.35. The van der Waals surface area contributed by atoms with E-state index in [4.69, 9.17) is 0 Å². The highest BCUT2D eigenvalue weighted by Gasteiger charge is 2.56. The first-order valence-corrected chi connectivity index (χ1v) is 6.40. The number of rotatable bonds is 1. The topological polar surface area (TPSA) is 26.3 Å². The maximum Gasteiger partial charge on any atom is 0.331 e. The number of fused-ring (bicyclic) bond motifs is 2. The molecule has 0 aliphatic heterocycles. The van der Waals surface area contributed by atoms with Gasteiger partial charge in [-0.1, -0.05) is 38.7 Å². The minimum atomic E-state index is -0.363. The van der Waals surface area contributed by atoms with Crippen molar-refractivity contribution in [3.8, 4) is 11.8 Å². The predicted octanol–water partition coefficient (Wildman–Crippen LogP) is 3.10. The van der Waals surface area contributed by atoms with Crippen LogP contribution in [0.3, 0.4) is 0 Å². The smallest absolute Gasteiger partial charge is 0.331 e. The van der Waals surface area contributed by atoms with Gasteiger partial charge in [-0.05, 0) is 30.3 Å². The van der Waals surface area contributed by atoms with E-state index in [0.717, 1.165) is 0 Å². The summed E-state index contributed by atoms with van der Waals surface area (Å²) in [5.41, 5.74) is 1.74. The Labute approximate surface area is 109 Å². The van der Waals surface area contributed by atoms with Gasteiger partial charge in [0.1, 0.15) is 0 Å². The summed E-state index contributed by atoms with van der Waals surface area (Å²) < 4.78 is 4.52. The molecule has 2 aliphatic carbocycles. The summed E-state index contributed by atoms with van der Waals surface area (Å²) in [5, 5.41) is 0. The van der Waals surface area contributed by atoms with Crippen molar-refractivity contribution in [2.24, 2.45) is 16.7 Å². The largest absolute Gasteiger partial charge is 0.466 e. The Bertz CT molecular complexity index is 485. The third-order valence-corrected chi connectivity index (χ3v) is 4.98. The van der Waals surface area contributed by atoms with Crippen molar-refractivity contribution in [1.82, 2.24) is 0 Å². The number of hydrogen-bond donors (Lipinski definition) is 0. The second-order valence-electron chi connectivity index (χ2n) is 5.91. The zero-order chi connectivity index (χ0) is 13.4. The van der Waals surface area contributed by atoms with Crippen LogP contribution in [0.15, 0.2) is 23.8 Å². The first kappa shape index (κ1) is 13.0. The number of esters is 1. The summed E-state index contributed by atoms with van der Waals surface area (Å²) >= 11 is 0. The molecular formula is C16H20O2. The Balaban J connectivity index is 2.14. The van der Waals surface area contributed by atoms with Gasteiger partial charge in [0, 0.05) is 17.1 Å². The van der Waals surface area contributed by atoms with E-state index in [1.165, 1.54) is 31.6 Å². The second kappa shape index (κ2) is 4.31. The van der Waals surface area contributed by atoms with Crippen molar-refractivity contribution in [2.75, 3.05) is 7.11 Å². The Hall–Kier alpha value is -1.49. The fourth-order valence-corrected chi connectivity index (χ4v) is 3.17. The summed E-state index contributed by atoms with van der Waals surface area (Å²) in [5.74, 6) is 6.43. The molecule has 96 valence electrons. The molecule has 2 unspecified atom stereocenters. The second-order valence-corrected chi connectivity index (χ2v) is 5.91. The van der Waals surface area contributed by atoms with Gasteiger partial charge < -0.3 is 4.74 Å². The maximum atomic E-state index is 10.9. The molecule has 2 atom stereocenters. The van der Waals surface area contributed by atoms with Gasteiger partial charge in [0.05, 0.1) is 7.11 Å². The first-order chi connectivity index (χ1) is 8.41. The van der Waals surface area contributed by atoms with Gasteiger partial charge in [-0.25, -0.2) is 4.79 Å². The molecule has 0 aromatic carbocycles. The van der Waals surface area contributed by atoms with E-state index in [0.29, 0.717) is 11.3 Å². The van der Waals surface area contributed by atoms with Crippen molar-refractivity contribution in [2.45, 2.75) is 33.6 Å². The molecule has 0 N–H and O–H groups in total. The lowest BCUT2D eigenvalue weighted by molar-refractivity contribution is -0.134. The molecule has 0 aromatic heterocycles. The van der Waals surface area contributed by atoms with Crippen LogP contribution in [0.5, 0.6) is 0 Å². The lowest BCUT2D eigenvalue weighted by atomic mass is 9.67. The van der Waals surface area contributed by atoms with Gasteiger partial charge in [0.15, 0.2) is 0 Å². The number of ether oxygens (including phenoxy) is 1. The summed E-state index contributed by atoms with van der Waals surface area (Å²) in [4.78, 5) is 10.9. The lowest BCUT2D eigenvalue weighted by Crippen LogP contribution is -2.29. The highest BCUT2D eigenvalue weighted by Crippen LogP contribution is 2.64. The third kappa shape index (κ3) is 1.79. The fraction of sp³-hybridized carbons (Fsp3) is 0.562. The summed E-state index contributed by atoms with van der Waals surface area (Å²) in [6.45, 7) is 6.98. The molecule has 2 bridgehead atoms. The van der Waals surface area contributed by atoms with Crippen LogP contribution in [0, 0.1) is 28.6 Å².